The Labute approximate surface area is 153 Å². The van der Waals surface area contributed by atoms with Crippen LogP contribution in [-0.2, 0) is 27.6 Å². The zero-order chi connectivity index (χ0) is 18.9. The first-order valence-electron chi connectivity index (χ1n) is 8.82. The monoisotopic (exact) mass is 383 g/mol. The quantitative estimate of drug-likeness (QED) is 0.738. The number of sulfonamides is 1. The molecule has 0 radical (unpaired) electrons. The first kappa shape index (κ1) is 19.1. The molecule has 0 spiro atoms. The zero-order valence-electron chi connectivity index (χ0n) is 15.1. The van der Waals surface area contributed by atoms with E-state index in [4.69, 9.17) is 4.74 Å². The van der Waals surface area contributed by atoms with E-state index in [1.165, 1.54) is 18.4 Å². The van der Waals surface area contributed by atoms with Crippen LogP contribution < -0.4 is 10.9 Å². The fourth-order valence-corrected chi connectivity index (χ4v) is 4.60. The molecule has 0 aromatic carbocycles. The molecule has 144 valence electrons. The third-order valence-corrected chi connectivity index (χ3v) is 7.04. The first-order chi connectivity index (χ1) is 12.3. The number of carbonyl (C=O) groups is 1. The number of aromatic nitrogens is 1. The van der Waals surface area contributed by atoms with Gasteiger partial charge < -0.3 is 15.0 Å². The van der Waals surface area contributed by atoms with Gasteiger partial charge in [0.2, 0.25) is 10.0 Å². The summed E-state index contributed by atoms with van der Waals surface area (Å²) in [5, 5.41) is 2.79. The SMILES string of the molecule is CN(C)S(=O)(=O)C[C@@H]1COC[C@@H]1NC(=O)c1cc2c([nH]c1=O)CCCC2. The Morgan fingerprint density at radius 1 is 1.31 bits per heavy atom. The minimum Gasteiger partial charge on any atom is -0.379 e. The lowest BCUT2D eigenvalue weighted by molar-refractivity contribution is 0.0924. The minimum atomic E-state index is -3.40. The highest BCUT2D eigenvalue weighted by molar-refractivity contribution is 7.89. The molecule has 1 fully saturated rings. The smallest absolute Gasteiger partial charge is 0.261 e. The van der Waals surface area contributed by atoms with Crippen molar-refractivity contribution in [2.45, 2.75) is 31.7 Å². The number of ether oxygens (including phenoxy) is 1. The number of pyridine rings is 1. The summed E-state index contributed by atoms with van der Waals surface area (Å²) in [4.78, 5) is 27.7. The number of nitrogens with one attached hydrogen (secondary N) is 2. The Bertz CT molecular complexity index is 846. The highest BCUT2D eigenvalue weighted by Gasteiger charge is 2.34. The van der Waals surface area contributed by atoms with E-state index in [0.29, 0.717) is 0 Å². The number of hydrogen-bond donors (Lipinski definition) is 2. The number of aromatic amines is 1. The largest absolute Gasteiger partial charge is 0.379 e. The number of nitrogens with zero attached hydrogens (tertiary/aromatic N) is 1. The molecule has 3 rings (SSSR count). The Morgan fingerprint density at radius 3 is 2.77 bits per heavy atom. The van der Waals surface area contributed by atoms with Gasteiger partial charge in [0.1, 0.15) is 5.56 Å². The Balaban J connectivity index is 1.74. The molecule has 1 saturated heterocycles. The summed E-state index contributed by atoms with van der Waals surface area (Å²) >= 11 is 0. The second-order valence-corrected chi connectivity index (χ2v) is 9.39. The van der Waals surface area contributed by atoms with Gasteiger partial charge >= 0.3 is 0 Å². The molecule has 1 aromatic heterocycles. The van der Waals surface area contributed by atoms with Gasteiger partial charge in [0.15, 0.2) is 0 Å². The van der Waals surface area contributed by atoms with Gasteiger partial charge in [0.05, 0.1) is 25.0 Å². The van der Waals surface area contributed by atoms with Gasteiger partial charge in [0.25, 0.3) is 11.5 Å². The maximum Gasteiger partial charge on any atom is 0.261 e. The van der Waals surface area contributed by atoms with Crippen LogP contribution in [0.5, 0.6) is 0 Å². The Hall–Kier alpha value is -1.71. The second kappa shape index (κ2) is 7.50. The molecule has 0 unspecified atom stereocenters. The van der Waals surface area contributed by atoms with E-state index in [-0.39, 0.29) is 30.4 Å². The standard InChI is InChI=1S/C17H25N3O5S/c1-20(2)26(23,24)10-12-8-25-9-15(12)19-17(22)13-7-11-5-3-4-6-14(11)18-16(13)21/h7,12,15H,3-6,8-10H2,1-2H3,(H,18,21)(H,19,22)/t12-,15-/m0/s1. The van der Waals surface area contributed by atoms with E-state index < -0.39 is 27.5 Å². The highest BCUT2D eigenvalue weighted by atomic mass is 32.2. The predicted octanol–water partition coefficient (Wildman–Crippen LogP) is -0.110. The summed E-state index contributed by atoms with van der Waals surface area (Å²) in [5.74, 6) is -0.934. The fourth-order valence-electron chi connectivity index (χ4n) is 3.43. The molecular weight excluding hydrogens is 358 g/mol. The number of aryl methyl sites for hydroxylation is 2. The normalized spacial score (nSPS) is 23.0. The lowest BCUT2D eigenvalue weighted by atomic mass is 9.95. The van der Waals surface area contributed by atoms with Crippen LogP contribution in [0.4, 0.5) is 0 Å². The van der Waals surface area contributed by atoms with E-state index in [0.717, 1.165) is 36.9 Å². The van der Waals surface area contributed by atoms with E-state index >= 15 is 0 Å². The maximum atomic E-state index is 12.6. The van der Waals surface area contributed by atoms with Crippen LogP contribution in [0.15, 0.2) is 10.9 Å². The summed E-state index contributed by atoms with van der Waals surface area (Å²) in [7, 11) is -0.446. The van der Waals surface area contributed by atoms with Crippen LogP contribution in [0.25, 0.3) is 0 Å². The van der Waals surface area contributed by atoms with E-state index in [2.05, 4.69) is 10.3 Å². The maximum absolute atomic E-state index is 12.6. The lowest BCUT2D eigenvalue weighted by Crippen LogP contribution is -2.45. The number of rotatable bonds is 5. The molecule has 1 aliphatic carbocycles. The molecule has 1 amide bonds. The molecule has 2 atom stereocenters. The van der Waals surface area contributed by atoms with Gasteiger partial charge in [-0.2, -0.15) is 0 Å². The number of H-pyrrole nitrogens is 1. The van der Waals surface area contributed by atoms with Crippen molar-refractivity contribution in [1.29, 1.82) is 0 Å². The second-order valence-electron chi connectivity index (χ2n) is 7.16. The third-order valence-electron chi connectivity index (χ3n) is 5.08. The summed E-state index contributed by atoms with van der Waals surface area (Å²) in [6.07, 6.45) is 3.76. The first-order valence-corrected chi connectivity index (χ1v) is 10.4. The molecule has 1 aliphatic heterocycles. The van der Waals surface area contributed by atoms with Crippen LogP contribution in [0, 0.1) is 5.92 Å². The van der Waals surface area contributed by atoms with Crippen molar-refractivity contribution in [3.8, 4) is 0 Å². The minimum absolute atomic E-state index is 0.0757. The average Bonchev–Trinajstić information content (AvgIpc) is 3.00. The van der Waals surface area contributed by atoms with Crippen molar-refractivity contribution in [2.75, 3.05) is 33.1 Å². The number of amides is 1. The summed E-state index contributed by atoms with van der Waals surface area (Å²) in [5.41, 5.74) is 1.60. The van der Waals surface area contributed by atoms with Gasteiger partial charge in [-0.25, -0.2) is 12.7 Å². The van der Waals surface area contributed by atoms with Gasteiger partial charge in [-0.15, -0.1) is 0 Å². The third kappa shape index (κ3) is 3.99. The molecule has 0 saturated carbocycles. The predicted molar refractivity (Wildman–Crippen MR) is 96.7 cm³/mol. The topological polar surface area (TPSA) is 109 Å². The van der Waals surface area contributed by atoms with Crippen molar-refractivity contribution in [3.05, 3.63) is 33.2 Å². The summed E-state index contributed by atoms with van der Waals surface area (Å²) < 4.78 is 30.7. The fraction of sp³-hybridized carbons (Fsp3) is 0.647. The van der Waals surface area contributed by atoms with Gasteiger partial charge in [-0.3, -0.25) is 9.59 Å². The number of carbonyl (C=O) groups excluding carboxylic acids is 1. The summed E-state index contributed by atoms with van der Waals surface area (Å²) in [6, 6.07) is 1.23. The van der Waals surface area contributed by atoms with E-state index in [9.17, 15) is 18.0 Å². The van der Waals surface area contributed by atoms with Gasteiger partial charge in [-0.05, 0) is 37.3 Å². The molecule has 9 heteroatoms. The van der Waals surface area contributed by atoms with Gasteiger partial charge in [-0.1, -0.05) is 0 Å². The number of hydrogen-bond acceptors (Lipinski definition) is 5. The van der Waals surface area contributed by atoms with Crippen molar-refractivity contribution in [1.82, 2.24) is 14.6 Å². The highest BCUT2D eigenvalue weighted by Crippen LogP contribution is 2.20. The van der Waals surface area contributed by atoms with Crippen molar-refractivity contribution in [3.63, 3.8) is 0 Å². The van der Waals surface area contributed by atoms with Crippen molar-refractivity contribution < 1.29 is 17.9 Å². The van der Waals surface area contributed by atoms with Crippen molar-refractivity contribution in [2.24, 2.45) is 5.92 Å². The van der Waals surface area contributed by atoms with E-state index in [1.807, 2.05) is 0 Å². The molecular formula is C17H25N3O5S. The molecule has 8 nitrogen and oxygen atoms in total. The molecule has 2 N–H and O–H groups in total. The lowest BCUT2D eigenvalue weighted by Gasteiger charge is -2.21. The average molecular weight is 383 g/mol. The molecule has 0 bridgehead atoms. The number of fused-ring (bicyclic) bond motifs is 1. The van der Waals surface area contributed by atoms with E-state index in [1.54, 1.807) is 6.07 Å². The molecule has 2 heterocycles. The molecule has 2 aliphatic rings. The molecule has 26 heavy (non-hydrogen) atoms. The van der Waals surface area contributed by atoms with Crippen LogP contribution in [0.1, 0.15) is 34.5 Å². The van der Waals surface area contributed by atoms with Crippen molar-refractivity contribution >= 4 is 15.9 Å². The Morgan fingerprint density at radius 2 is 2.04 bits per heavy atom. The zero-order valence-corrected chi connectivity index (χ0v) is 15.9. The molecule has 1 aromatic rings. The van der Waals surface area contributed by atoms with Crippen LogP contribution in [0.3, 0.4) is 0 Å². The van der Waals surface area contributed by atoms with Gasteiger partial charge in [0, 0.05) is 25.7 Å². The van der Waals surface area contributed by atoms with Crippen LogP contribution in [0.2, 0.25) is 0 Å². The Kier molecular flexibility index (Phi) is 5.50. The van der Waals surface area contributed by atoms with Crippen LogP contribution >= 0.6 is 0 Å². The summed E-state index contributed by atoms with van der Waals surface area (Å²) in [6.45, 7) is 0.501. The van der Waals surface area contributed by atoms with Crippen LogP contribution in [-0.4, -0.2) is 62.7 Å².